The third-order valence-electron chi connectivity index (χ3n) is 4.02. The first-order valence-corrected chi connectivity index (χ1v) is 8.06. The fourth-order valence-electron chi connectivity index (χ4n) is 2.81. The Morgan fingerprint density at radius 2 is 1.92 bits per heavy atom. The molecule has 0 aliphatic carbocycles. The number of ether oxygens (including phenoxy) is 2. The highest BCUT2D eigenvalue weighted by atomic mass is 16.6. The average Bonchev–Trinajstić information content (AvgIpc) is 3.06. The Morgan fingerprint density at radius 3 is 2.75 bits per heavy atom. The predicted octanol–water partition coefficient (Wildman–Crippen LogP) is 3.82. The number of benzene rings is 2. The first kappa shape index (κ1) is 14.8. The summed E-state index contributed by atoms with van der Waals surface area (Å²) in [4.78, 5) is 0. The third kappa shape index (κ3) is 3.11. The van der Waals surface area contributed by atoms with E-state index in [-0.39, 0.29) is 6.10 Å². The van der Waals surface area contributed by atoms with Crippen molar-refractivity contribution in [3.63, 3.8) is 0 Å². The molecule has 3 aromatic rings. The topological polar surface area (TPSA) is 57.4 Å². The molecule has 0 N–H and O–H groups in total. The number of para-hydroxylation sites is 2. The molecule has 0 bridgehead atoms. The van der Waals surface area contributed by atoms with Crippen LogP contribution in [0.1, 0.15) is 17.9 Å². The van der Waals surface area contributed by atoms with E-state index in [4.69, 9.17) is 13.9 Å². The van der Waals surface area contributed by atoms with Crippen LogP contribution in [0.4, 0.5) is 0 Å². The van der Waals surface area contributed by atoms with Crippen LogP contribution in [0.3, 0.4) is 0 Å². The molecule has 2 heterocycles. The number of hydrogen-bond acceptors (Lipinski definition) is 5. The van der Waals surface area contributed by atoms with Crippen LogP contribution in [0.15, 0.2) is 52.9 Å². The molecule has 0 fully saturated rings. The van der Waals surface area contributed by atoms with Crippen molar-refractivity contribution in [3.8, 4) is 23.0 Å². The first-order valence-electron chi connectivity index (χ1n) is 8.06. The standard InChI is InChI=1S/C19H18N2O3/c1-13-20-21-19(23-13)15-6-4-5-14(11-15)9-10-16-12-22-17-7-2-3-8-18(17)24-16/h2-8,11,16H,9-10,12H2,1H3/t16-/m1/s1. The molecule has 0 spiro atoms. The van der Waals surface area contributed by atoms with Crippen molar-refractivity contribution in [1.29, 1.82) is 0 Å². The lowest BCUT2D eigenvalue weighted by Crippen LogP contribution is -2.29. The number of hydrogen-bond donors (Lipinski definition) is 0. The van der Waals surface area contributed by atoms with Gasteiger partial charge in [-0.05, 0) is 42.7 Å². The van der Waals surface area contributed by atoms with Crippen molar-refractivity contribution in [2.45, 2.75) is 25.9 Å². The second kappa shape index (κ2) is 6.35. The quantitative estimate of drug-likeness (QED) is 0.731. The summed E-state index contributed by atoms with van der Waals surface area (Å²) in [6.45, 7) is 2.37. The summed E-state index contributed by atoms with van der Waals surface area (Å²) in [6, 6.07) is 16.0. The van der Waals surface area contributed by atoms with Gasteiger partial charge in [0.1, 0.15) is 12.7 Å². The summed E-state index contributed by atoms with van der Waals surface area (Å²) in [5, 5.41) is 7.95. The molecule has 0 saturated heterocycles. The van der Waals surface area contributed by atoms with E-state index in [1.165, 1.54) is 5.56 Å². The van der Waals surface area contributed by atoms with Crippen LogP contribution < -0.4 is 9.47 Å². The Labute approximate surface area is 140 Å². The Bertz CT molecular complexity index is 844. The lowest BCUT2D eigenvalue weighted by molar-refractivity contribution is 0.0851. The second-order valence-corrected chi connectivity index (χ2v) is 5.86. The summed E-state index contributed by atoms with van der Waals surface area (Å²) >= 11 is 0. The molecule has 4 rings (SSSR count). The molecule has 5 heteroatoms. The molecule has 0 radical (unpaired) electrons. The average molecular weight is 322 g/mol. The smallest absolute Gasteiger partial charge is 0.247 e. The van der Waals surface area contributed by atoms with E-state index in [2.05, 4.69) is 22.3 Å². The minimum Gasteiger partial charge on any atom is -0.486 e. The largest absolute Gasteiger partial charge is 0.486 e. The van der Waals surface area contributed by atoms with Crippen molar-refractivity contribution in [3.05, 3.63) is 60.0 Å². The fourth-order valence-corrected chi connectivity index (χ4v) is 2.81. The van der Waals surface area contributed by atoms with Gasteiger partial charge in [0.05, 0.1) is 0 Å². The Kier molecular flexibility index (Phi) is 3.91. The maximum atomic E-state index is 6.01. The molecule has 1 atom stereocenters. The van der Waals surface area contributed by atoms with E-state index in [1.807, 2.05) is 36.4 Å². The molecule has 1 aliphatic rings. The molecule has 1 aliphatic heterocycles. The SMILES string of the molecule is Cc1nnc(-c2cccc(CC[C@@H]3COc4ccccc4O3)c2)o1. The zero-order valence-corrected chi connectivity index (χ0v) is 13.4. The van der Waals surface area contributed by atoms with Crippen molar-refractivity contribution in [1.82, 2.24) is 10.2 Å². The van der Waals surface area contributed by atoms with Crippen LogP contribution in [-0.4, -0.2) is 22.9 Å². The minimum atomic E-state index is 0.0641. The van der Waals surface area contributed by atoms with Gasteiger partial charge in [-0.25, -0.2) is 0 Å². The van der Waals surface area contributed by atoms with Gasteiger partial charge in [-0.2, -0.15) is 0 Å². The van der Waals surface area contributed by atoms with Gasteiger partial charge in [0.2, 0.25) is 11.8 Å². The lowest BCUT2D eigenvalue weighted by atomic mass is 10.0. The van der Waals surface area contributed by atoms with Gasteiger partial charge in [0.15, 0.2) is 11.5 Å². The van der Waals surface area contributed by atoms with E-state index in [0.29, 0.717) is 18.4 Å². The minimum absolute atomic E-state index is 0.0641. The molecule has 122 valence electrons. The van der Waals surface area contributed by atoms with Crippen LogP contribution in [0, 0.1) is 6.92 Å². The molecule has 24 heavy (non-hydrogen) atoms. The van der Waals surface area contributed by atoms with E-state index < -0.39 is 0 Å². The molecule has 2 aromatic carbocycles. The number of aromatic nitrogens is 2. The molecule has 0 unspecified atom stereocenters. The lowest BCUT2D eigenvalue weighted by Gasteiger charge is -2.26. The number of aryl methyl sites for hydroxylation is 2. The van der Waals surface area contributed by atoms with Gasteiger partial charge in [0, 0.05) is 12.5 Å². The molecule has 0 amide bonds. The van der Waals surface area contributed by atoms with Gasteiger partial charge >= 0.3 is 0 Å². The van der Waals surface area contributed by atoms with Crippen LogP contribution in [-0.2, 0) is 6.42 Å². The van der Waals surface area contributed by atoms with E-state index >= 15 is 0 Å². The highest BCUT2D eigenvalue weighted by molar-refractivity contribution is 5.53. The van der Waals surface area contributed by atoms with Crippen molar-refractivity contribution >= 4 is 0 Å². The normalized spacial score (nSPS) is 16.1. The number of fused-ring (bicyclic) bond motifs is 1. The maximum absolute atomic E-state index is 6.01. The summed E-state index contributed by atoms with van der Waals surface area (Å²) in [5.74, 6) is 2.77. The Hall–Kier alpha value is -2.82. The second-order valence-electron chi connectivity index (χ2n) is 5.86. The third-order valence-corrected chi connectivity index (χ3v) is 4.02. The van der Waals surface area contributed by atoms with E-state index in [0.717, 1.165) is 29.9 Å². The zero-order chi connectivity index (χ0) is 16.4. The molecule has 0 saturated carbocycles. The maximum Gasteiger partial charge on any atom is 0.247 e. The highest BCUT2D eigenvalue weighted by Gasteiger charge is 2.20. The van der Waals surface area contributed by atoms with Gasteiger partial charge in [-0.3, -0.25) is 0 Å². The van der Waals surface area contributed by atoms with Crippen molar-refractivity contribution < 1.29 is 13.9 Å². The molecular formula is C19H18N2O3. The van der Waals surface area contributed by atoms with E-state index in [9.17, 15) is 0 Å². The van der Waals surface area contributed by atoms with Crippen LogP contribution >= 0.6 is 0 Å². The molecular weight excluding hydrogens is 304 g/mol. The number of nitrogens with zero attached hydrogens (tertiary/aromatic N) is 2. The van der Waals surface area contributed by atoms with Gasteiger partial charge in [0.25, 0.3) is 0 Å². The fraction of sp³-hybridized carbons (Fsp3) is 0.263. The summed E-state index contributed by atoms with van der Waals surface area (Å²) in [5.41, 5.74) is 2.16. The summed E-state index contributed by atoms with van der Waals surface area (Å²) in [6.07, 6.45) is 1.85. The van der Waals surface area contributed by atoms with Crippen molar-refractivity contribution in [2.24, 2.45) is 0 Å². The molecule has 1 aromatic heterocycles. The van der Waals surface area contributed by atoms with Gasteiger partial charge < -0.3 is 13.9 Å². The van der Waals surface area contributed by atoms with Crippen LogP contribution in [0.25, 0.3) is 11.5 Å². The monoisotopic (exact) mass is 322 g/mol. The van der Waals surface area contributed by atoms with Gasteiger partial charge in [-0.1, -0.05) is 24.3 Å². The molecule has 5 nitrogen and oxygen atoms in total. The highest BCUT2D eigenvalue weighted by Crippen LogP contribution is 2.32. The van der Waals surface area contributed by atoms with E-state index in [1.54, 1.807) is 6.92 Å². The van der Waals surface area contributed by atoms with Crippen LogP contribution in [0.2, 0.25) is 0 Å². The Morgan fingerprint density at radius 1 is 1.04 bits per heavy atom. The number of rotatable bonds is 4. The van der Waals surface area contributed by atoms with Gasteiger partial charge in [-0.15, -0.1) is 10.2 Å². The van der Waals surface area contributed by atoms with Crippen LogP contribution in [0.5, 0.6) is 11.5 Å². The van der Waals surface area contributed by atoms with Crippen molar-refractivity contribution in [2.75, 3.05) is 6.61 Å². The summed E-state index contributed by atoms with van der Waals surface area (Å²) in [7, 11) is 0. The Balaban J connectivity index is 1.42. The summed E-state index contributed by atoms with van der Waals surface area (Å²) < 4.78 is 17.3. The predicted molar refractivity (Wildman–Crippen MR) is 89.1 cm³/mol. The first-order chi connectivity index (χ1) is 11.8. The zero-order valence-electron chi connectivity index (χ0n) is 13.4.